The highest BCUT2D eigenvalue weighted by Crippen LogP contribution is 2.18. The molecule has 1 atom stereocenters. The first-order valence-electron chi connectivity index (χ1n) is 3.19. The Morgan fingerprint density at radius 1 is 1.45 bits per heavy atom. The van der Waals surface area contributed by atoms with Crippen LogP contribution in [0.2, 0.25) is 0 Å². The van der Waals surface area contributed by atoms with Crippen LogP contribution >= 0.6 is 8.25 Å². The number of hydrogen-bond acceptors (Lipinski definition) is 5. The first-order valence-corrected chi connectivity index (χ1v) is 4.41. The topological polar surface area (TPSA) is 64.8 Å². The molecule has 2 N–H and O–H groups in total. The summed E-state index contributed by atoms with van der Waals surface area (Å²) in [5.41, 5.74) is 0. The van der Waals surface area contributed by atoms with Gasteiger partial charge in [0.1, 0.15) is 0 Å². The van der Waals surface area contributed by atoms with Crippen LogP contribution < -0.4 is 5.90 Å². The third-order valence-corrected chi connectivity index (χ3v) is 1.08. The van der Waals surface area contributed by atoms with E-state index in [-0.39, 0.29) is 0 Å². The Kier molecular flexibility index (Phi) is 12.5. The fourth-order valence-corrected chi connectivity index (χ4v) is 0.456. The van der Waals surface area contributed by atoms with Crippen molar-refractivity contribution in [2.75, 3.05) is 27.7 Å². The first kappa shape index (κ1) is 13.6. The lowest BCUT2D eigenvalue weighted by Gasteiger charge is -1.93. The highest BCUT2D eigenvalue weighted by molar-refractivity contribution is 7.33. The maximum atomic E-state index is 10.0. The van der Waals surface area contributed by atoms with Crippen LogP contribution in [0.3, 0.4) is 0 Å². The molecule has 0 aromatic carbocycles. The van der Waals surface area contributed by atoms with Gasteiger partial charge in [-0.3, -0.25) is 4.57 Å². The molecule has 0 aromatic heterocycles. The highest BCUT2D eigenvalue weighted by Gasteiger charge is 1.89. The van der Waals surface area contributed by atoms with Gasteiger partial charge in [-0.05, 0) is 28.1 Å². The Balaban J connectivity index is 0. The molecule has 5 nitrogen and oxygen atoms in total. The molecule has 0 aliphatic carbocycles. The second-order valence-corrected chi connectivity index (χ2v) is 3.17. The van der Waals surface area contributed by atoms with Gasteiger partial charge in [-0.2, -0.15) is 0 Å². The van der Waals surface area contributed by atoms with Gasteiger partial charge in [0.05, 0.1) is 6.61 Å². The molecule has 0 rings (SSSR count). The summed E-state index contributed by atoms with van der Waals surface area (Å²) in [5, 5.41) is 0. The third kappa shape index (κ3) is 25.5. The summed E-state index contributed by atoms with van der Waals surface area (Å²) in [6.45, 7) is 2.08. The second-order valence-electron chi connectivity index (χ2n) is 2.14. The molecule has 0 aromatic rings. The Morgan fingerprint density at radius 3 is 1.91 bits per heavy atom. The Morgan fingerprint density at radius 2 is 1.82 bits per heavy atom. The van der Waals surface area contributed by atoms with Crippen molar-refractivity contribution in [1.29, 1.82) is 0 Å². The molecule has 0 radical (unpaired) electrons. The second kappa shape index (κ2) is 10.1. The van der Waals surface area contributed by atoms with Crippen molar-refractivity contribution in [1.82, 2.24) is 4.90 Å². The lowest BCUT2D eigenvalue weighted by atomic mass is 10.9. The third-order valence-electron chi connectivity index (χ3n) is 0.358. The molecule has 0 saturated heterocycles. The molecule has 0 heterocycles. The van der Waals surface area contributed by atoms with Crippen molar-refractivity contribution in [3.63, 3.8) is 0 Å². The molecule has 0 aliphatic rings. The van der Waals surface area contributed by atoms with Gasteiger partial charge in [-0.15, -0.1) is 0 Å². The number of nitrogens with two attached hydrogens (primary N) is 1. The molecule has 0 spiro atoms. The van der Waals surface area contributed by atoms with Crippen LogP contribution in [0.25, 0.3) is 0 Å². The molecule has 0 aliphatic heterocycles. The molecule has 0 saturated carbocycles. The minimum absolute atomic E-state index is 0.370. The fraction of sp³-hybridized carbons (Fsp3) is 1.00. The lowest BCUT2D eigenvalue weighted by Crippen LogP contribution is -1.99. The summed E-state index contributed by atoms with van der Waals surface area (Å²) in [6.07, 6.45) is 0. The quantitative estimate of drug-likeness (QED) is 0.510. The Bertz CT molecular complexity index is 97.0. The number of rotatable bonds is 3. The van der Waals surface area contributed by atoms with Gasteiger partial charge in [0.2, 0.25) is 0 Å². The van der Waals surface area contributed by atoms with Gasteiger partial charge in [-0.25, -0.2) is 10.5 Å². The van der Waals surface area contributed by atoms with Crippen LogP contribution in [-0.4, -0.2) is 32.6 Å². The van der Waals surface area contributed by atoms with Crippen LogP contribution in [0.1, 0.15) is 6.92 Å². The average Bonchev–Trinajstić information content (AvgIpc) is 1.87. The molecule has 70 valence electrons. The monoisotopic (exact) mass is 184 g/mol. The molecule has 0 bridgehead atoms. The summed E-state index contributed by atoms with van der Waals surface area (Å²) in [4.78, 5) is 2.00. The Hall–Kier alpha value is 0.0700. The zero-order valence-electron chi connectivity index (χ0n) is 7.46. The predicted molar refractivity (Wildman–Crippen MR) is 45.5 cm³/mol. The molecule has 11 heavy (non-hydrogen) atoms. The van der Waals surface area contributed by atoms with E-state index in [1.54, 1.807) is 6.92 Å². The predicted octanol–water partition coefficient (Wildman–Crippen LogP) is 0.481. The van der Waals surface area contributed by atoms with Crippen molar-refractivity contribution in [3.8, 4) is 0 Å². The average molecular weight is 184 g/mol. The van der Waals surface area contributed by atoms with Crippen LogP contribution in [0.15, 0.2) is 0 Å². The van der Waals surface area contributed by atoms with E-state index >= 15 is 0 Å². The van der Waals surface area contributed by atoms with Crippen molar-refractivity contribution >= 4 is 8.25 Å². The van der Waals surface area contributed by atoms with Crippen molar-refractivity contribution in [2.45, 2.75) is 6.92 Å². The van der Waals surface area contributed by atoms with Gasteiger partial charge in [0.15, 0.2) is 0 Å². The van der Waals surface area contributed by atoms with Gasteiger partial charge >= 0.3 is 8.25 Å². The van der Waals surface area contributed by atoms with E-state index in [9.17, 15) is 4.57 Å². The van der Waals surface area contributed by atoms with Crippen LogP contribution in [0, 0.1) is 0 Å². The summed E-state index contributed by atoms with van der Waals surface area (Å²) >= 11 is 0. The van der Waals surface area contributed by atoms with Crippen molar-refractivity contribution in [2.24, 2.45) is 5.90 Å². The van der Waals surface area contributed by atoms with Gasteiger partial charge in [0.25, 0.3) is 0 Å². The van der Waals surface area contributed by atoms with E-state index in [1.165, 1.54) is 0 Å². The van der Waals surface area contributed by atoms with E-state index in [0.717, 1.165) is 0 Å². The molecular weight excluding hydrogens is 167 g/mol. The summed E-state index contributed by atoms with van der Waals surface area (Å²) < 4.78 is 18.2. The SMILES string of the molecule is CCO[PH](=O)ON.CN(C)C. The zero-order chi connectivity index (χ0) is 9.28. The fourth-order valence-electron chi connectivity index (χ4n) is 0.152. The maximum Gasteiger partial charge on any atom is 0.335 e. The minimum Gasteiger partial charge on any atom is -0.312 e. The van der Waals surface area contributed by atoms with Gasteiger partial charge in [-0.1, -0.05) is 0 Å². The van der Waals surface area contributed by atoms with Crippen molar-refractivity contribution < 1.29 is 13.7 Å². The summed E-state index contributed by atoms with van der Waals surface area (Å²) in [6, 6.07) is 0. The van der Waals surface area contributed by atoms with E-state index < -0.39 is 8.25 Å². The highest BCUT2D eigenvalue weighted by atomic mass is 31.1. The van der Waals surface area contributed by atoms with E-state index in [2.05, 4.69) is 15.0 Å². The summed E-state index contributed by atoms with van der Waals surface area (Å²) in [7, 11) is 3.65. The minimum atomic E-state index is -2.35. The largest absolute Gasteiger partial charge is 0.335 e. The van der Waals surface area contributed by atoms with Crippen molar-refractivity contribution in [3.05, 3.63) is 0 Å². The maximum absolute atomic E-state index is 10.0. The Labute approximate surface area is 68.4 Å². The number of nitrogens with zero attached hydrogens (tertiary/aromatic N) is 1. The van der Waals surface area contributed by atoms with E-state index in [4.69, 9.17) is 0 Å². The van der Waals surface area contributed by atoms with Crippen LogP contribution in [-0.2, 0) is 13.7 Å². The molecule has 0 fully saturated rings. The summed E-state index contributed by atoms with van der Waals surface area (Å²) in [5.74, 6) is 4.47. The lowest BCUT2D eigenvalue weighted by molar-refractivity contribution is 0.239. The molecule has 1 unspecified atom stereocenters. The van der Waals surface area contributed by atoms with Crippen LogP contribution in [0.5, 0.6) is 0 Å². The number of hydrogen-bond donors (Lipinski definition) is 1. The molecule has 0 amide bonds. The van der Waals surface area contributed by atoms with E-state index in [1.807, 2.05) is 26.0 Å². The standard InChI is InChI=1S/C3H9N.C2H8NO3P/c1-4(2)3;1-2-5-7(4)6-3/h1-3H3;7H,2-3H2,1H3. The van der Waals surface area contributed by atoms with E-state index in [0.29, 0.717) is 6.61 Å². The normalized spacial score (nSPS) is 12.2. The first-order chi connectivity index (χ1) is 5.04. The molecule has 6 heteroatoms. The molecular formula is C5H17N2O3P. The van der Waals surface area contributed by atoms with Crippen LogP contribution in [0.4, 0.5) is 0 Å². The van der Waals surface area contributed by atoms with Gasteiger partial charge < -0.3 is 9.42 Å². The zero-order valence-corrected chi connectivity index (χ0v) is 8.46. The smallest absolute Gasteiger partial charge is 0.312 e. The van der Waals surface area contributed by atoms with Gasteiger partial charge in [0, 0.05) is 0 Å².